The van der Waals surface area contributed by atoms with Crippen molar-refractivity contribution in [2.24, 2.45) is 0 Å². The highest BCUT2D eigenvalue weighted by atomic mass is 16.5. The average molecular weight is 334 g/mol. The van der Waals surface area contributed by atoms with E-state index in [1.54, 1.807) is 0 Å². The van der Waals surface area contributed by atoms with Crippen LogP contribution in [-0.4, -0.2) is 43.2 Å². The second-order valence-corrected chi connectivity index (χ2v) is 6.40. The number of ether oxygens (including phenoxy) is 2. The Morgan fingerprint density at radius 2 is 2.12 bits per heavy atom. The molecule has 1 aromatic rings. The van der Waals surface area contributed by atoms with Crippen LogP contribution in [0.15, 0.2) is 18.2 Å². The maximum atomic E-state index is 11.5. The molecule has 0 radical (unpaired) electrons. The molecule has 1 aliphatic heterocycles. The molecule has 0 aliphatic carbocycles. The Morgan fingerprint density at radius 1 is 1.29 bits per heavy atom. The number of likely N-dealkylation sites (tertiary alicyclic amines) is 1. The lowest BCUT2D eigenvalue weighted by Gasteiger charge is -2.16. The van der Waals surface area contributed by atoms with E-state index in [2.05, 4.69) is 11.4 Å². The molecular weight excluding hydrogens is 304 g/mol. The number of hydrogen-bond donors (Lipinski definition) is 1. The summed E-state index contributed by atoms with van der Waals surface area (Å²) in [6, 6.07) is 6.08. The van der Waals surface area contributed by atoms with Crippen LogP contribution in [0.3, 0.4) is 0 Å². The minimum absolute atomic E-state index is 0.126. The molecule has 0 saturated carbocycles. The third kappa shape index (κ3) is 5.71. The zero-order valence-electron chi connectivity index (χ0n) is 15.1. The molecule has 1 fully saturated rings. The number of carbonyl (C=O) groups is 1. The number of nitrogens with one attached hydrogen (secondary N) is 1. The lowest BCUT2D eigenvalue weighted by Crippen LogP contribution is -2.28. The van der Waals surface area contributed by atoms with Crippen LogP contribution in [0, 0.1) is 0 Å². The van der Waals surface area contributed by atoms with Crippen molar-refractivity contribution in [3.8, 4) is 11.5 Å². The topological polar surface area (TPSA) is 50.8 Å². The van der Waals surface area contributed by atoms with Crippen LogP contribution in [0.2, 0.25) is 0 Å². The molecular formula is C19H30N2O3. The average Bonchev–Trinajstić information content (AvgIpc) is 2.94. The van der Waals surface area contributed by atoms with E-state index in [1.807, 2.05) is 37.8 Å². The third-order valence-electron chi connectivity index (χ3n) is 3.95. The van der Waals surface area contributed by atoms with Gasteiger partial charge in [-0.25, -0.2) is 0 Å². The molecule has 0 atom stereocenters. The number of benzene rings is 1. The number of carbonyl (C=O) groups excluding carboxylic acids is 1. The molecule has 2 rings (SSSR count). The fourth-order valence-electron chi connectivity index (χ4n) is 2.85. The van der Waals surface area contributed by atoms with E-state index in [4.69, 9.17) is 9.47 Å². The highest BCUT2D eigenvalue weighted by Crippen LogP contribution is 2.29. The molecule has 24 heavy (non-hydrogen) atoms. The molecule has 0 spiro atoms. The van der Waals surface area contributed by atoms with Gasteiger partial charge in [0.05, 0.1) is 12.7 Å². The lowest BCUT2D eigenvalue weighted by molar-refractivity contribution is -0.127. The van der Waals surface area contributed by atoms with Gasteiger partial charge in [0.1, 0.15) is 0 Å². The molecule has 5 nitrogen and oxygen atoms in total. The molecule has 0 bridgehead atoms. The van der Waals surface area contributed by atoms with Crippen molar-refractivity contribution in [2.75, 3.05) is 26.2 Å². The van der Waals surface area contributed by atoms with Crippen molar-refractivity contribution in [3.63, 3.8) is 0 Å². The molecule has 1 N–H and O–H groups in total. The Bertz CT molecular complexity index is 531. The van der Waals surface area contributed by atoms with Crippen molar-refractivity contribution >= 4 is 5.91 Å². The first kappa shape index (κ1) is 18.6. The van der Waals surface area contributed by atoms with Crippen molar-refractivity contribution in [2.45, 2.75) is 52.7 Å². The predicted octanol–water partition coefficient (Wildman–Crippen LogP) is 2.97. The van der Waals surface area contributed by atoms with Gasteiger partial charge in [-0.2, -0.15) is 0 Å². The Balaban J connectivity index is 1.77. The largest absolute Gasteiger partial charge is 0.490 e. The van der Waals surface area contributed by atoms with Gasteiger partial charge in [-0.1, -0.05) is 6.07 Å². The minimum atomic E-state index is 0.126. The summed E-state index contributed by atoms with van der Waals surface area (Å²) in [4.78, 5) is 13.5. The van der Waals surface area contributed by atoms with Crippen LogP contribution in [0.1, 0.15) is 45.6 Å². The number of amides is 1. The quantitative estimate of drug-likeness (QED) is 0.668. The van der Waals surface area contributed by atoms with E-state index in [9.17, 15) is 4.79 Å². The number of nitrogens with zero attached hydrogens (tertiary/aromatic N) is 1. The lowest BCUT2D eigenvalue weighted by atomic mass is 10.2. The summed E-state index contributed by atoms with van der Waals surface area (Å²) in [6.07, 6.45) is 2.84. The van der Waals surface area contributed by atoms with Gasteiger partial charge in [-0.3, -0.25) is 4.79 Å². The highest BCUT2D eigenvalue weighted by molar-refractivity contribution is 5.77. The molecule has 1 heterocycles. The van der Waals surface area contributed by atoms with Crippen LogP contribution in [0.5, 0.6) is 11.5 Å². The first-order chi connectivity index (χ1) is 11.6. The zero-order chi connectivity index (χ0) is 17.4. The summed E-state index contributed by atoms with van der Waals surface area (Å²) >= 11 is 0. The molecule has 5 heteroatoms. The molecule has 0 aromatic heterocycles. The van der Waals surface area contributed by atoms with Crippen LogP contribution >= 0.6 is 0 Å². The molecule has 1 saturated heterocycles. The van der Waals surface area contributed by atoms with E-state index in [0.717, 1.165) is 56.9 Å². The third-order valence-corrected chi connectivity index (χ3v) is 3.95. The second kappa shape index (κ2) is 9.52. The summed E-state index contributed by atoms with van der Waals surface area (Å²) in [5, 5.41) is 3.44. The predicted molar refractivity (Wildman–Crippen MR) is 95.5 cm³/mol. The first-order valence-corrected chi connectivity index (χ1v) is 9.01. The van der Waals surface area contributed by atoms with Crippen LogP contribution in [0.25, 0.3) is 0 Å². The van der Waals surface area contributed by atoms with Gasteiger partial charge in [0.25, 0.3) is 0 Å². The Hall–Kier alpha value is -1.75. The van der Waals surface area contributed by atoms with Crippen molar-refractivity contribution < 1.29 is 14.3 Å². The fraction of sp³-hybridized carbons (Fsp3) is 0.632. The summed E-state index contributed by atoms with van der Waals surface area (Å²) in [5.41, 5.74) is 1.17. The van der Waals surface area contributed by atoms with Gasteiger partial charge in [-0.05, 0) is 57.9 Å². The second-order valence-electron chi connectivity index (χ2n) is 6.40. The smallest absolute Gasteiger partial charge is 0.222 e. The normalized spacial score (nSPS) is 14.5. The fourth-order valence-corrected chi connectivity index (χ4v) is 2.85. The SMILES string of the molecule is CCOc1cc(CNCCCN2CCCC2=O)ccc1OC(C)C. The summed E-state index contributed by atoms with van der Waals surface area (Å²) < 4.78 is 11.5. The van der Waals surface area contributed by atoms with Crippen molar-refractivity contribution in [1.29, 1.82) is 0 Å². The van der Waals surface area contributed by atoms with E-state index in [0.29, 0.717) is 12.5 Å². The summed E-state index contributed by atoms with van der Waals surface area (Å²) in [6.45, 7) is 10.1. The molecule has 1 amide bonds. The molecule has 0 unspecified atom stereocenters. The monoisotopic (exact) mass is 334 g/mol. The standard InChI is InChI=1S/C19H30N2O3/c1-4-23-18-13-16(8-9-17(18)24-15(2)3)14-20-10-6-12-21-11-5-7-19(21)22/h8-9,13,15,20H,4-7,10-12,14H2,1-3H3. The number of hydrogen-bond acceptors (Lipinski definition) is 4. The van der Waals surface area contributed by atoms with Gasteiger partial charge >= 0.3 is 0 Å². The van der Waals surface area contributed by atoms with Gasteiger partial charge in [0.15, 0.2) is 11.5 Å². The minimum Gasteiger partial charge on any atom is -0.490 e. The molecule has 1 aliphatic rings. The van der Waals surface area contributed by atoms with E-state index >= 15 is 0 Å². The van der Waals surface area contributed by atoms with Gasteiger partial charge in [0.2, 0.25) is 5.91 Å². The summed E-state index contributed by atoms with van der Waals surface area (Å²) in [5.74, 6) is 1.90. The van der Waals surface area contributed by atoms with E-state index < -0.39 is 0 Å². The Kier molecular flexibility index (Phi) is 7.37. The Morgan fingerprint density at radius 3 is 2.79 bits per heavy atom. The van der Waals surface area contributed by atoms with Gasteiger partial charge < -0.3 is 19.7 Å². The van der Waals surface area contributed by atoms with Crippen molar-refractivity contribution in [3.05, 3.63) is 23.8 Å². The van der Waals surface area contributed by atoms with E-state index in [1.165, 1.54) is 5.56 Å². The Labute approximate surface area is 145 Å². The zero-order valence-corrected chi connectivity index (χ0v) is 15.1. The summed E-state index contributed by atoms with van der Waals surface area (Å²) in [7, 11) is 0. The maximum Gasteiger partial charge on any atom is 0.222 e. The van der Waals surface area contributed by atoms with E-state index in [-0.39, 0.29) is 6.10 Å². The molecule has 1 aromatic carbocycles. The van der Waals surface area contributed by atoms with Crippen LogP contribution in [-0.2, 0) is 11.3 Å². The van der Waals surface area contributed by atoms with Crippen LogP contribution < -0.4 is 14.8 Å². The van der Waals surface area contributed by atoms with Crippen molar-refractivity contribution in [1.82, 2.24) is 10.2 Å². The van der Waals surface area contributed by atoms with Gasteiger partial charge in [0, 0.05) is 26.1 Å². The molecule has 134 valence electrons. The van der Waals surface area contributed by atoms with Crippen LogP contribution in [0.4, 0.5) is 0 Å². The first-order valence-electron chi connectivity index (χ1n) is 9.01. The maximum absolute atomic E-state index is 11.5. The highest BCUT2D eigenvalue weighted by Gasteiger charge is 2.18. The number of rotatable bonds is 10. The van der Waals surface area contributed by atoms with Gasteiger partial charge in [-0.15, -0.1) is 0 Å².